The maximum absolute atomic E-state index is 13.9. The number of rotatable bonds is 3. The Morgan fingerprint density at radius 1 is 1.25 bits per heavy atom. The van der Waals surface area contributed by atoms with Gasteiger partial charge in [-0.15, -0.1) is 0 Å². The zero-order valence-corrected chi connectivity index (χ0v) is 11.5. The molecular formula is C15H17FN2O2. The van der Waals surface area contributed by atoms with Gasteiger partial charge in [0.05, 0.1) is 18.4 Å². The standard InChI is InChI=1S/C15H17FN2O2/c1-15(2)11-12(15)14(20)18(13(11)19)7-9-4-3-8(6-17)5-10(9)16/h3-5,11-12H,6-7,17H2,1-2H3. The zero-order chi connectivity index (χ0) is 14.7. The molecule has 1 saturated heterocycles. The molecule has 2 unspecified atom stereocenters. The largest absolute Gasteiger partial charge is 0.326 e. The lowest BCUT2D eigenvalue weighted by Gasteiger charge is -2.20. The van der Waals surface area contributed by atoms with Gasteiger partial charge in [-0.2, -0.15) is 0 Å². The molecule has 1 heterocycles. The molecule has 1 aliphatic carbocycles. The number of carbonyl (C=O) groups is 2. The fourth-order valence-electron chi connectivity index (χ4n) is 3.18. The van der Waals surface area contributed by atoms with Crippen molar-refractivity contribution >= 4 is 11.8 Å². The van der Waals surface area contributed by atoms with E-state index in [1.807, 2.05) is 13.8 Å². The van der Waals surface area contributed by atoms with Crippen molar-refractivity contribution in [3.8, 4) is 0 Å². The number of benzene rings is 1. The number of halogens is 1. The molecule has 1 saturated carbocycles. The van der Waals surface area contributed by atoms with E-state index >= 15 is 0 Å². The molecule has 4 nitrogen and oxygen atoms in total. The van der Waals surface area contributed by atoms with E-state index in [2.05, 4.69) is 0 Å². The van der Waals surface area contributed by atoms with E-state index in [9.17, 15) is 14.0 Å². The molecule has 2 amide bonds. The number of likely N-dealkylation sites (tertiary alicyclic amines) is 1. The van der Waals surface area contributed by atoms with Gasteiger partial charge in [-0.05, 0) is 17.0 Å². The van der Waals surface area contributed by atoms with Gasteiger partial charge in [0.15, 0.2) is 0 Å². The van der Waals surface area contributed by atoms with Crippen LogP contribution < -0.4 is 5.73 Å². The highest BCUT2D eigenvalue weighted by Crippen LogP contribution is 2.63. The van der Waals surface area contributed by atoms with Crippen molar-refractivity contribution in [1.82, 2.24) is 4.90 Å². The third-order valence-electron chi connectivity index (χ3n) is 4.57. The van der Waals surface area contributed by atoms with Crippen LogP contribution in [0.1, 0.15) is 25.0 Å². The summed E-state index contributed by atoms with van der Waals surface area (Å²) in [5.74, 6) is -1.21. The Balaban J connectivity index is 1.80. The lowest BCUT2D eigenvalue weighted by atomic mass is 10.0. The van der Waals surface area contributed by atoms with E-state index in [-0.39, 0.29) is 42.2 Å². The Kier molecular flexibility index (Phi) is 2.73. The van der Waals surface area contributed by atoms with Crippen LogP contribution in [0.25, 0.3) is 0 Å². The van der Waals surface area contributed by atoms with Gasteiger partial charge in [0.25, 0.3) is 0 Å². The number of piperidine rings is 1. The van der Waals surface area contributed by atoms with E-state index < -0.39 is 5.82 Å². The molecule has 0 spiro atoms. The molecule has 2 N–H and O–H groups in total. The molecule has 3 rings (SSSR count). The van der Waals surface area contributed by atoms with Crippen LogP contribution in [0.3, 0.4) is 0 Å². The second-order valence-corrected chi connectivity index (χ2v) is 6.17. The fraction of sp³-hybridized carbons (Fsp3) is 0.467. The summed E-state index contributed by atoms with van der Waals surface area (Å²) in [7, 11) is 0. The van der Waals surface area contributed by atoms with Gasteiger partial charge in [-0.1, -0.05) is 26.0 Å². The van der Waals surface area contributed by atoms with E-state index in [1.165, 1.54) is 11.0 Å². The van der Waals surface area contributed by atoms with Crippen molar-refractivity contribution in [3.05, 3.63) is 35.1 Å². The Morgan fingerprint density at radius 3 is 2.35 bits per heavy atom. The molecule has 0 bridgehead atoms. The molecule has 0 radical (unpaired) electrons. The molecule has 1 aromatic rings. The van der Waals surface area contributed by atoms with Crippen LogP contribution in [0.5, 0.6) is 0 Å². The third-order valence-corrected chi connectivity index (χ3v) is 4.57. The first kappa shape index (κ1) is 13.2. The van der Waals surface area contributed by atoms with Crippen molar-refractivity contribution in [3.63, 3.8) is 0 Å². The number of fused-ring (bicyclic) bond motifs is 1. The number of hydrogen-bond donors (Lipinski definition) is 1. The maximum atomic E-state index is 13.9. The highest BCUT2D eigenvalue weighted by Gasteiger charge is 2.72. The second kappa shape index (κ2) is 4.12. The van der Waals surface area contributed by atoms with Crippen molar-refractivity contribution in [1.29, 1.82) is 0 Å². The number of imide groups is 1. The Hall–Kier alpha value is -1.75. The lowest BCUT2D eigenvalue weighted by molar-refractivity contribution is -0.143. The van der Waals surface area contributed by atoms with Crippen LogP contribution >= 0.6 is 0 Å². The summed E-state index contributed by atoms with van der Waals surface area (Å²) in [4.78, 5) is 25.5. The Bertz CT molecular complexity index is 588. The number of nitrogens with zero attached hydrogens (tertiary/aromatic N) is 1. The molecule has 5 heteroatoms. The Labute approximate surface area is 116 Å². The highest BCUT2D eigenvalue weighted by molar-refractivity contribution is 6.10. The summed E-state index contributed by atoms with van der Waals surface area (Å²) >= 11 is 0. The van der Waals surface area contributed by atoms with E-state index in [0.717, 1.165) is 0 Å². The zero-order valence-electron chi connectivity index (χ0n) is 11.5. The van der Waals surface area contributed by atoms with E-state index in [1.54, 1.807) is 12.1 Å². The summed E-state index contributed by atoms with van der Waals surface area (Å²) < 4.78 is 13.9. The van der Waals surface area contributed by atoms with Crippen molar-refractivity contribution < 1.29 is 14.0 Å². The number of nitrogens with two attached hydrogens (primary N) is 1. The first-order valence-electron chi connectivity index (χ1n) is 6.70. The van der Waals surface area contributed by atoms with Crippen LogP contribution in [0.4, 0.5) is 4.39 Å². The topological polar surface area (TPSA) is 63.4 Å². The predicted molar refractivity (Wildman–Crippen MR) is 70.6 cm³/mol. The summed E-state index contributed by atoms with van der Waals surface area (Å²) in [5.41, 5.74) is 6.25. The average Bonchev–Trinajstić information content (AvgIpc) is 2.87. The van der Waals surface area contributed by atoms with Crippen molar-refractivity contribution in [2.75, 3.05) is 0 Å². The molecule has 2 atom stereocenters. The van der Waals surface area contributed by atoms with Crippen LogP contribution in [-0.2, 0) is 22.7 Å². The van der Waals surface area contributed by atoms with Crippen LogP contribution in [-0.4, -0.2) is 16.7 Å². The molecule has 106 valence electrons. The van der Waals surface area contributed by atoms with Gasteiger partial charge >= 0.3 is 0 Å². The fourth-order valence-corrected chi connectivity index (χ4v) is 3.18. The van der Waals surface area contributed by atoms with Gasteiger partial charge in [0, 0.05) is 12.1 Å². The SMILES string of the molecule is CC1(C)C2C(=O)N(Cc3ccc(CN)cc3F)C(=O)C21. The normalized spacial score (nSPS) is 26.9. The van der Waals surface area contributed by atoms with Crippen molar-refractivity contribution in [2.24, 2.45) is 23.0 Å². The smallest absolute Gasteiger partial charge is 0.233 e. The summed E-state index contributed by atoms with van der Waals surface area (Å²) in [6.45, 7) is 4.12. The minimum Gasteiger partial charge on any atom is -0.326 e. The van der Waals surface area contributed by atoms with Gasteiger partial charge in [0.1, 0.15) is 5.82 Å². The molecule has 1 aromatic carbocycles. The van der Waals surface area contributed by atoms with Gasteiger partial charge in [-0.25, -0.2) is 4.39 Å². The minimum atomic E-state index is -0.423. The van der Waals surface area contributed by atoms with E-state index in [0.29, 0.717) is 11.1 Å². The highest BCUT2D eigenvalue weighted by atomic mass is 19.1. The van der Waals surface area contributed by atoms with Crippen LogP contribution in [0.15, 0.2) is 18.2 Å². The van der Waals surface area contributed by atoms with Gasteiger partial charge < -0.3 is 5.73 Å². The summed E-state index contributed by atoms with van der Waals surface area (Å²) in [6, 6.07) is 4.66. The number of carbonyl (C=O) groups excluding carboxylic acids is 2. The average molecular weight is 276 g/mol. The first-order valence-corrected chi connectivity index (χ1v) is 6.70. The molecule has 2 aliphatic rings. The maximum Gasteiger partial charge on any atom is 0.233 e. The molecule has 2 fully saturated rings. The quantitative estimate of drug-likeness (QED) is 0.849. The Morgan fingerprint density at radius 2 is 1.85 bits per heavy atom. The van der Waals surface area contributed by atoms with Crippen LogP contribution in [0.2, 0.25) is 0 Å². The number of hydrogen-bond acceptors (Lipinski definition) is 3. The minimum absolute atomic E-state index is 0.0113. The van der Waals surface area contributed by atoms with Crippen molar-refractivity contribution in [2.45, 2.75) is 26.9 Å². The molecule has 20 heavy (non-hydrogen) atoms. The monoisotopic (exact) mass is 276 g/mol. The first-order chi connectivity index (χ1) is 9.37. The summed E-state index contributed by atoms with van der Waals surface area (Å²) in [6.07, 6.45) is 0. The second-order valence-electron chi connectivity index (χ2n) is 6.17. The van der Waals surface area contributed by atoms with Gasteiger partial charge in [0.2, 0.25) is 11.8 Å². The van der Waals surface area contributed by atoms with Crippen LogP contribution in [0, 0.1) is 23.1 Å². The van der Waals surface area contributed by atoms with E-state index in [4.69, 9.17) is 5.73 Å². The predicted octanol–water partition coefficient (Wildman–Crippen LogP) is 1.43. The van der Waals surface area contributed by atoms with Gasteiger partial charge in [-0.3, -0.25) is 14.5 Å². The summed E-state index contributed by atoms with van der Waals surface area (Å²) in [5, 5.41) is 0. The number of amides is 2. The lowest BCUT2D eigenvalue weighted by Crippen LogP contribution is -2.35. The third kappa shape index (κ3) is 1.69. The molecule has 0 aromatic heterocycles. The molecular weight excluding hydrogens is 259 g/mol. The molecule has 1 aliphatic heterocycles.